The summed E-state index contributed by atoms with van der Waals surface area (Å²) in [4.78, 5) is 12.9. The lowest BCUT2D eigenvalue weighted by atomic mass is 9.95. The zero-order chi connectivity index (χ0) is 23.3. The molecule has 0 unspecified atom stereocenters. The monoisotopic (exact) mass is 447 g/mol. The van der Waals surface area contributed by atoms with Crippen LogP contribution in [0.3, 0.4) is 0 Å². The van der Waals surface area contributed by atoms with Crippen molar-refractivity contribution in [2.24, 2.45) is 0 Å². The zero-order valence-corrected chi connectivity index (χ0v) is 19.1. The van der Waals surface area contributed by atoms with Crippen molar-refractivity contribution in [2.45, 2.75) is 24.8 Å². The van der Waals surface area contributed by atoms with Crippen LogP contribution in [0.5, 0.6) is 0 Å². The van der Waals surface area contributed by atoms with Gasteiger partial charge in [0, 0.05) is 7.05 Å². The van der Waals surface area contributed by atoms with Crippen LogP contribution in [0.25, 0.3) is 0 Å². The van der Waals surface area contributed by atoms with Crippen molar-refractivity contribution in [1.82, 2.24) is 9.62 Å². The number of nitrogens with one attached hydrogen (secondary N) is 1. The molecule has 1 atom stereocenters. The first-order chi connectivity index (χ1) is 15.2. The molecule has 0 aromatic heterocycles. The number of carbonyl (C=O) groups excluding carboxylic acids is 1. The minimum absolute atomic E-state index is 0.0283. The van der Waals surface area contributed by atoms with Gasteiger partial charge in [-0.3, -0.25) is 4.79 Å². The van der Waals surface area contributed by atoms with Gasteiger partial charge in [0.1, 0.15) is 0 Å². The van der Waals surface area contributed by atoms with E-state index in [2.05, 4.69) is 5.32 Å². The van der Waals surface area contributed by atoms with Gasteiger partial charge in [-0.1, -0.05) is 48.5 Å². The van der Waals surface area contributed by atoms with E-state index < -0.39 is 22.0 Å². The van der Waals surface area contributed by atoms with Gasteiger partial charge in [-0.25, -0.2) is 8.42 Å². The largest absolute Gasteiger partial charge is 0.344 e. The van der Waals surface area contributed by atoms with Crippen molar-refractivity contribution >= 4 is 15.9 Å². The van der Waals surface area contributed by atoms with Gasteiger partial charge in [-0.2, -0.15) is 9.57 Å². The average molecular weight is 448 g/mol. The Bertz CT molecular complexity index is 1250. The van der Waals surface area contributed by atoms with Gasteiger partial charge in [-0.05, 0) is 60.4 Å². The Hall–Kier alpha value is -3.47. The van der Waals surface area contributed by atoms with E-state index in [0.717, 1.165) is 26.6 Å². The highest BCUT2D eigenvalue weighted by Crippen LogP contribution is 2.24. The number of carbonyl (C=O) groups is 1. The second-order valence-electron chi connectivity index (χ2n) is 7.65. The van der Waals surface area contributed by atoms with Crippen molar-refractivity contribution in [3.8, 4) is 6.07 Å². The Labute approximate surface area is 189 Å². The van der Waals surface area contributed by atoms with Crippen molar-refractivity contribution in [1.29, 1.82) is 5.26 Å². The number of likely N-dealkylation sites (N-methyl/N-ethyl adjacent to an activating group) is 1. The smallest absolute Gasteiger partial charge is 0.243 e. The number of nitrogens with zero attached hydrogens (tertiary/aromatic N) is 2. The standard InChI is InChI=1S/C25H25N3O3S/c1-18-9-12-22(15-19(18)2)25(21-7-5-4-6-8-21)27-24(29)17-28(3)32(30,31)23-13-10-20(16-26)11-14-23/h4-15,25H,17H2,1-3H3,(H,27,29)/t25-/m0/s1. The molecule has 3 rings (SSSR count). The van der Waals surface area contributed by atoms with Gasteiger partial charge in [0.15, 0.2) is 0 Å². The molecule has 0 saturated carbocycles. The third kappa shape index (κ3) is 5.22. The van der Waals surface area contributed by atoms with Crippen LogP contribution in [0.4, 0.5) is 0 Å². The first-order valence-corrected chi connectivity index (χ1v) is 11.5. The molecule has 1 amide bonds. The van der Waals surface area contributed by atoms with E-state index in [9.17, 15) is 13.2 Å². The molecule has 164 valence electrons. The third-order valence-corrected chi connectivity index (χ3v) is 7.18. The van der Waals surface area contributed by atoms with Crippen molar-refractivity contribution in [2.75, 3.05) is 13.6 Å². The summed E-state index contributed by atoms with van der Waals surface area (Å²) in [5.74, 6) is -0.420. The molecule has 1 N–H and O–H groups in total. The fourth-order valence-corrected chi connectivity index (χ4v) is 4.45. The zero-order valence-electron chi connectivity index (χ0n) is 18.2. The normalized spacial score (nSPS) is 12.2. The van der Waals surface area contributed by atoms with Crippen LogP contribution in [-0.4, -0.2) is 32.2 Å². The molecular formula is C25H25N3O3S. The van der Waals surface area contributed by atoms with Crippen molar-refractivity contribution < 1.29 is 13.2 Å². The maximum atomic E-state index is 12.9. The number of nitriles is 1. The van der Waals surface area contributed by atoms with E-state index in [1.807, 2.05) is 68.4 Å². The molecule has 7 heteroatoms. The van der Waals surface area contributed by atoms with Gasteiger partial charge in [0.25, 0.3) is 0 Å². The lowest BCUT2D eigenvalue weighted by Crippen LogP contribution is -2.40. The number of aryl methyl sites for hydroxylation is 2. The Morgan fingerprint density at radius 3 is 2.22 bits per heavy atom. The number of hydrogen-bond donors (Lipinski definition) is 1. The van der Waals surface area contributed by atoms with Crippen LogP contribution in [0.2, 0.25) is 0 Å². The fraction of sp³-hybridized carbons (Fsp3) is 0.200. The Morgan fingerprint density at radius 2 is 1.62 bits per heavy atom. The lowest BCUT2D eigenvalue weighted by Gasteiger charge is -2.23. The molecule has 32 heavy (non-hydrogen) atoms. The Morgan fingerprint density at radius 1 is 0.969 bits per heavy atom. The highest BCUT2D eigenvalue weighted by atomic mass is 32.2. The molecule has 0 fully saturated rings. The van der Waals surface area contributed by atoms with Crippen molar-refractivity contribution in [3.05, 3.63) is 101 Å². The molecular weight excluding hydrogens is 422 g/mol. The number of rotatable bonds is 7. The lowest BCUT2D eigenvalue weighted by molar-refractivity contribution is -0.121. The fourth-order valence-electron chi connectivity index (χ4n) is 3.32. The predicted molar refractivity (Wildman–Crippen MR) is 123 cm³/mol. The van der Waals surface area contributed by atoms with Gasteiger partial charge in [0.05, 0.1) is 29.1 Å². The second-order valence-corrected chi connectivity index (χ2v) is 9.70. The Kier molecular flexibility index (Phi) is 7.08. The minimum atomic E-state index is -3.87. The van der Waals surface area contributed by atoms with Gasteiger partial charge >= 0.3 is 0 Å². The van der Waals surface area contributed by atoms with Crippen LogP contribution in [0.1, 0.15) is 33.9 Å². The van der Waals surface area contributed by atoms with E-state index >= 15 is 0 Å². The summed E-state index contributed by atoms with van der Waals surface area (Å²) in [6, 6.07) is 22.7. The molecule has 0 aliphatic heterocycles. The topological polar surface area (TPSA) is 90.3 Å². The van der Waals surface area contributed by atoms with E-state index in [4.69, 9.17) is 5.26 Å². The predicted octanol–water partition coefficient (Wildman–Crippen LogP) is 3.70. The molecule has 6 nitrogen and oxygen atoms in total. The third-order valence-electron chi connectivity index (χ3n) is 5.36. The maximum Gasteiger partial charge on any atom is 0.243 e. The molecule has 0 radical (unpaired) electrons. The summed E-state index contributed by atoms with van der Waals surface area (Å²) >= 11 is 0. The van der Waals surface area contributed by atoms with Crippen LogP contribution in [-0.2, 0) is 14.8 Å². The first kappa shape index (κ1) is 23.2. The summed E-state index contributed by atoms with van der Waals surface area (Å²) < 4.78 is 26.7. The van der Waals surface area contributed by atoms with Crippen LogP contribution in [0.15, 0.2) is 77.7 Å². The van der Waals surface area contributed by atoms with Crippen LogP contribution in [0, 0.1) is 25.2 Å². The summed E-state index contributed by atoms with van der Waals surface area (Å²) in [5.41, 5.74) is 4.45. The molecule has 3 aromatic carbocycles. The maximum absolute atomic E-state index is 12.9. The first-order valence-electron chi connectivity index (χ1n) is 10.1. The molecule has 0 bridgehead atoms. The number of hydrogen-bond acceptors (Lipinski definition) is 4. The second kappa shape index (κ2) is 9.77. The van der Waals surface area contributed by atoms with Gasteiger partial charge in [0.2, 0.25) is 15.9 Å². The van der Waals surface area contributed by atoms with Gasteiger partial charge < -0.3 is 5.32 Å². The molecule has 0 heterocycles. The SMILES string of the molecule is Cc1ccc([C@@H](NC(=O)CN(C)S(=O)(=O)c2ccc(C#N)cc2)c2ccccc2)cc1C. The quantitative estimate of drug-likeness (QED) is 0.598. The molecule has 0 saturated heterocycles. The molecule has 0 spiro atoms. The highest BCUT2D eigenvalue weighted by molar-refractivity contribution is 7.89. The van der Waals surface area contributed by atoms with Crippen LogP contribution >= 0.6 is 0 Å². The summed E-state index contributed by atoms with van der Waals surface area (Å²) in [5, 5.41) is 11.9. The number of sulfonamides is 1. The molecule has 3 aromatic rings. The average Bonchev–Trinajstić information content (AvgIpc) is 2.80. The Balaban J connectivity index is 1.81. The van der Waals surface area contributed by atoms with E-state index in [1.165, 1.54) is 31.3 Å². The molecule has 0 aliphatic rings. The minimum Gasteiger partial charge on any atom is -0.344 e. The van der Waals surface area contributed by atoms with E-state index in [-0.39, 0.29) is 11.4 Å². The number of benzene rings is 3. The highest BCUT2D eigenvalue weighted by Gasteiger charge is 2.25. The summed E-state index contributed by atoms with van der Waals surface area (Å²) in [6.07, 6.45) is 0. The summed E-state index contributed by atoms with van der Waals surface area (Å²) in [7, 11) is -2.51. The molecule has 0 aliphatic carbocycles. The summed E-state index contributed by atoms with van der Waals surface area (Å²) in [6.45, 7) is 3.70. The van der Waals surface area contributed by atoms with Crippen LogP contribution < -0.4 is 5.32 Å². The van der Waals surface area contributed by atoms with Crippen molar-refractivity contribution in [3.63, 3.8) is 0 Å². The number of amides is 1. The van der Waals surface area contributed by atoms with Gasteiger partial charge in [-0.15, -0.1) is 0 Å². The van der Waals surface area contributed by atoms with E-state index in [0.29, 0.717) is 5.56 Å². The van der Waals surface area contributed by atoms with E-state index in [1.54, 1.807) is 0 Å².